The van der Waals surface area contributed by atoms with Gasteiger partial charge in [0.1, 0.15) is 11.5 Å². The summed E-state index contributed by atoms with van der Waals surface area (Å²) in [5.74, 6) is -1.86. The Morgan fingerprint density at radius 3 is 2.16 bits per heavy atom. The van der Waals surface area contributed by atoms with Crippen molar-refractivity contribution in [2.45, 2.75) is 13.0 Å². The molecule has 2 N–H and O–H groups in total. The van der Waals surface area contributed by atoms with Gasteiger partial charge in [-0.2, -0.15) is 0 Å². The van der Waals surface area contributed by atoms with Crippen molar-refractivity contribution in [1.82, 2.24) is 0 Å². The maximum atomic E-state index is 13.1. The number of rotatable bonds is 3. The highest BCUT2D eigenvalue weighted by Crippen LogP contribution is 2.43. The molecule has 0 radical (unpaired) electrons. The first-order chi connectivity index (χ1) is 14.8. The maximum absolute atomic E-state index is 13.1. The van der Waals surface area contributed by atoms with Crippen LogP contribution < -0.4 is 4.90 Å². The predicted molar refractivity (Wildman–Crippen MR) is 121 cm³/mol. The molecule has 5 nitrogen and oxygen atoms in total. The van der Waals surface area contributed by atoms with E-state index in [1.54, 1.807) is 42.5 Å². The van der Waals surface area contributed by atoms with E-state index in [0.717, 1.165) is 5.56 Å². The minimum Gasteiger partial charge on any atom is -0.508 e. The Hall–Kier alpha value is -3.28. The fourth-order valence-corrected chi connectivity index (χ4v) is 3.87. The lowest BCUT2D eigenvalue weighted by molar-refractivity contribution is -0.132. The second-order valence-corrected chi connectivity index (χ2v) is 8.04. The van der Waals surface area contributed by atoms with Gasteiger partial charge in [0.25, 0.3) is 11.7 Å². The molecule has 4 rings (SSSR count). The van der Waals surface area contributed by atoms with Crippen molar-refractivity contribution in [3.63, 3.8) is 0 Å². The van der Waals surface area contributed by atoms with Crippen LogP contribution in [0.5, 0.6) is 5.75 Å². The van der Waals surface area contributed by atoms with Gasteiger partial charge in [0, 0.05) is 11.3 Å². The van der Waals surface area contributed by atoms with E-state index >= 15 is 0 Å². The van der Waals surface area contributed by atoms with Crippen molar-refractivity contribution in [3.05, 3.63) is 99.0 Å². The van der Waals surface area contributed by atoms with Crippen LogP contribution in [0.3, 0.4) is 0 Å². The molecule has 0 spiro atoms. The van der Waals surface area contributed by atoms with Crippen LogP contribution in [0.25, 0.3) is 5.76 Å². The van der Waals surface area contributed by atoms with Gasteiger partial charge in [0.05, 0.1) is 21.7 Å². The van der Waals surface area contributed by atoms with E-state index in [9.17, 15) is 19.8 Å². The number of Topliss-reactive ketones (excluding diaryl/α,β-unsaturated/α-hetero) is 1. The molecule has 1 saturated heterocycles. The normalized spacial score (nSPS) is 17.9. The van der Waals surface area contributed by atoms with Crippen LogP contribution >= 0.6 is 23.2 Å². The van der Waals surface area contributed by atoms with Crippen molar-refractivity contribution >= 4 is 46.3 Å². The molecule has 1 atom stereocenters. The Morgan fingerprint density at radius 1 is 0.903 bits per heavy atom. The van der Waals surface area contributed by atoms with Gasteiger partial charge in [-0.05, 0) is 42.8 Å². The van der Waals surface area contributed by atoms with Gasteiger partial charge >= 0.3 is 0 Å². The van der Waals surface area contributed by atoms with Gasteiger partial charge in [0.2, 0.25) is 0 Å². The molecule has 3 aromatic rings. The molecule has 1 amide bonds. The number of halogens is 2. The molecule has 1 fully saturated rings. The van der Waals surface area contributed by atoms with Crippen molar-refractivity contribution in [3.8, 4) is 5.75 Å². The average molecular weight is 454 g/mol. The number of hydrogen-bond donors (Lipinski definition) is 2. The highest BCUT2D eigenvalue weighted by molar-refractivity contribution is 6.52. The summed E-state index contributed by atoms with van der Waals surface area (Å²) in [4.78, 5) is 27.4. The monoisotopic (exact) mass is 453 g/mol. The van der Waals surface area contributed by atoms with E-state index in [-0.39, 0.29) is 22.1 Å². The summed E-state index contributed by atoms with van der Waals surface area (Å²) >= 11 is 12.2. The van der Waals surface area contributed by atoms with Crippen LogP contribution in [-0.2, 0) is 9.59 Å². The maximum Gasteiger partial charge on any atom is 0.300 e. The van der Waals surface area contributed by atoms with Crippen LogP contribution in [0.4, 0.5) is 5.69 Å². The minimum absolute atomic E-state index is 0.0359. The predicted octanol–water partition coefficient (Wildman–Crippen LogP) is 5.63. The summed E-state index contributed by atoms with van der Waals surface area (Å²) in [7, 11) is 0. The number of carbonyl (C=O) groups is 2. The summed E-state index contributed by atoms with van der Waals surface area (Å²) < 4.78 is 0. The fourth-order valence-electron chi connectivity index (χ4n) is 3.57. The van der Waals surface area contributed by atoms with Crippen LogP contribution in [0.2, 0.25) is 10.0 Å². The number of aromatic hydroxyl groups is 1. The Kier molecular flexibility index (Phi) is 5.48. The highest BCUT2D eigenvalue weighted by atomic mass is 35.5. The molecule has 1 aliphatic rings. The average Bonchev–Trinajstić information content (AvgIpc) is 3.01. The van der Waals surface area contributed by atoms with Gasteiger partial charge in [-0.25, -0.2) is 0 Å². The van der Waals surface area contributed by atoms with Gasteiger partial charge < -0.3 is 10.2 Å². The summed E-state index contributed by atoms with van der Waals surface area (Å²) in [6.07, 6.45) is 0. The molecule has 156 valence electrons. The summed E-state index contributed by atoms with van der Waals surface area (Å²) in [5.41, 5.74) is 2.25. The Bertz CT molecular complexity index is 1220. The number of carbonyl (C=O) groups excluding carboxylic acids is 2. The Balaban J connectivity index is 1.95. The number of aliphatic hydroxyl groups excluding tert-OH is 1. The fraction of sp³-hybridized carbons (Fsp3) is 0.0833. The number of anilines is 1. The number of phenolic OH excluding ortho intramolecular Hbond substituents is 1. The molecule has 1 unspecified atom stereocenters. The van der Waals surface area contributed by atoms with Crippen molar-refractivity contribution in [2.75, 3.05) is 4.90 Å². The standard InChI is InChI=1S/C24H17Cl2NO4/c1-13-2-4-15(5-3-13)22(29)20-21(14-6-9-17(28)10-7-14)27(24(31)23(20)30)16-8-11-18(25)19(26)12-16/h2-12,21,28-29H,1H3/b22-20+. The lowest BCUT2D eigenvalue weighted by Crippen LogP contribution is -2.29. The molecule has 1 aliphatic heterocycles. The van der Waals surface area contributed by atoms with Crippen LogP contribution in [-0.4, -0.2) is 21.9 Å². The van der Waals surface area contributed by atoms with E-state index in [0.29, 0.717) is 21.8 Å². The van der Waals surface area contributed by atoms with Crippen LogP contribution in [0.1, 0.15) is 22.7 Å². The minimum atomic E-state index is -0.917. The lowest BCUT2D eigenvalue weighted by atomic mass is 9.95. The highest BCUT2D eigenvalue weighted by Gasteiger charge is 2.47. The zero-order valence-electron chi connectivity index (χ0n) is 16.3. The van der Waals surface area contributed by atoms with E-state index in [4.69, 9.17) is 23.2 Å². The number of hydrogen-bond acceptors (Lipinski definition) is 4. The molecule has 7 heteroatoms. The van der Waals surface area contributed by atoms with Gasteiger partial charge in [-0.15, -0.1) is 0 Å². The first kappa shape index (κ1) is 21.0. The molecule has 1 heterocycles. The second kappa shape index (κ2) is 8.10. The van der Waals surface area contributed by atoms with Gasteiger partial charge in [-0.3, -0.25) is 14.5 Å². The van der Waals surface area contributed by atoms with Crippen molar-refractivity contribution in [1.29, 1.82) is 0 Å². The molecule has 0 bridgehead atoms. The summed E-state index contributed by atoms with van der Waals surface area (Å²) in [6.45, 7) is 1.91. The lowest BCUT2D eigenvalue weighted by Gasteiger charge is -2.25. The molecule has 3 aromatic carbocycles. The third-order valence-electron chi connectivity index (χ3n) is 5.16. The molecule has 31 heavy (non-hydrogen) atoms. The zero-order chi connectivity index (χ0) is 22.3. The number of amides is 1. The zero-order valence-corrected chi connectivity index (χ0v) is 17.9. The largest absolute Gasteiger partial charge is 0.508 e. The third-order valence-corrected chi connectivity index (χ3v) is 5.90. The van der Waals surface area contributed by atoms with E-state index in [2.05, 4.69) is 0 Å². The van der Waals surface area contributed by atoms with E-state index < -0.39 is 17.7 Å². The van der Waals surface area contributed by atoms with Gasteiger partial charge in [0.15, 0.2) is 0 Å². The van der Waals surface area contributed by atoms with Crippen LogP contribution in [0, 0.1) is 6.92 Å². The molecular formula is C24H17Cl2NO4. The van der Waals surface area contributed by atoms with Crippen molar-refractivity contribution in [2.24, 2.45) is 0 Å². The SMILES string of the molecule is Cc1ccc(/C(O)=C2\C(=O)C(=O)N(c3ccc(Cl)c(Cl)c3)C2c2ccc(O)cc2)cc1. The molecule has 0 aromatic heterocycles. The molecule has 0 aliphatic carbocycles. The third kappa shape index (κ3) is 3.78. The van der Waals surface area contributed by atoms with Crippen molar-refractivity contribution < 1.29 is 19.8 Å². The number of aryl methyl sites for hydroxylation is 1. The second-order valence-electron chi connectivity index (χ2n) is 7.23. The first-order valence-electron chi connectivity index (χ1n) is 9.40. The van der Waals surface area contributed by atoms with Crippen LogP contribution in [0.15, 0.2) is 72.3 Å². The number of benzene rings is 3. The molecule has 0 saturated carbocycles. The number of ketones is 1. The molecular weight excluding hydrogens is 437 g/mol. The topological polar surface area (TPSA) is 77.8 Å². The number of phenols is 1. The first-order valence-corrected chi connectivity index (χ1v) is 10.2. The Labute approximate surface area is 188 Å². The summed E-state index contributed by atoms with van der Waals surface area (Å²) in [6, 6.07) is 16.8. The van der Waals surface area contributed by atoms with E-state index in [1.165, 1.54) is 29.2 Å². The quantitative estimate of drug-likeness (QED) is 0.305. The van der Waals surface area contributed by atoms with E-state index in [1.807, 2.05) is 6.92 Å². The Morgan fingerprint density at radius 2 is 1.55 bits per heavy atom. The van der Waals surface area contributed by atoms with Gasteiger partial charge in [-0.1, -0.05) is 65.2 Å². The smallest absolute Gasteiger partial charge is 0.300 e. The summed E-state index contributed by atoms with van der Waals surface area (Å²) in [5, 5.41) is 21.3. The number of aliphatic hydroxyl groups is 1. The number of nitrogens with zero attached hydrogens (tertiary/aromatic N) is 1.